The SMILES string of the molecule is CCC(=O)N1CC2CC1C(=O)N2CCO. The van der Waals surface area contributed by atoms with Crippen LogP contribution in [0.2, 0.25) is 0 Å². The summed E-state index contributed by atoms with van der Waals surface area (Å²) in [4.78, 5) is 26.7. The summed E-state index contributed by atoms with van der Waals surface area (Å²) >= 11 is 0. The highest BCUT2D eigenvalue weighted by molar-refractivity contribution is 5.91. The van der Waals surface area contributed by atoms with E-state index in [1.54, 1.807) is 9.80 Å². The van der Waals surface area contributed by atoms with E-state index >= 15 is 0 Å². The van der Waals surface area contributed by atoms with Crippen molar-refractivity contribution >= 4 is 11.8 Å². The summed E-state index contributed by atoms with van der Waals surface area (Å²) in [5.41, 5.74) is 0. The third-order valence-corrected chi connectivity index (χ3v) is 3.25. The molecule has 15 heavy (non-hydrogen) atoms. The number of nitrogens with zero attached hydrogens (tertiary/aromatic N) is 2. The number of fused-ring (bicyclic) bond motifs is 2. The van der Waals surface area contributed by atoms with E-state index in [4.69, 9.17) is 5.11 Å². The van der Waals surface area contributed by atoms with Crippen LogP contribution in [-0.2, 0) is 9.59 Å². The van der Waals surface area contributed by atoms with E-state index in [9.17, 15) is 9.59 Å². The van der Waals surface area contributed by atoms with Gasteiger partial charge in [-0.25, -0.2) is 0 Å². The fraction of sp³-hybridized carbons (Fsp3) is 0.800. The maximum Gasteiger partial charge on any atom is 0.245 e. The molecular weight excluding hydrogens is 196 g/mol. The number of hydrogen-bond acceptors (Lipinski definition) is 3. The molecule has 2 bridgehead atoms. The van der Waals surface area contributed by atoms with Gasteiger partial charge >= 0.3 is 0 Å². The summed E-state index contributed by atoms with van der Waals surface area (Å²) in [6.45, 7) is 2.85. The predicted molar refractivity (Wildman–Crippen MR) is 53.0 cm³/mol. The lowest BCUT2D eigenvalue weighted by Crippen LogP contribution is -2.52. The van der Waals surface area contributed by atoms with E-state index in [0.717, 1.165) is 6.42 Å². The topological polar surface area (TPSA) is 60.9 Å². The second kappa shape index (κ2) is 3.81. The monoisotopic (exact) mass is 212 g/mol. The molecule has 5 heteroatoms. The van der Waals surface area contributed by atoms with E-state index in [1.165, 1.54) is 0 Å². The van der Waals surface area contributed by atoms with Gasteiger partial charge in [0.1, 0.15) is 6.04 Å². The van der Waals surface area contributed by atoms with Crippen LogP contribution in [0.1, 0.15) is 19.8 Å². The number of carbonyl (C=O) groups excluding carboxylic acids is 2. The lowest BCUT2D eigenvalue weighted by Gasteiger charge is -2.33. The number of carbonyl (C=O) groups is 2. The van der Waals surface area contributed by atoms with Gasteiger partial charge in [-0.15, -0.1) is 0 Å². The molecule has 1 N–H and O–H groups in total. The van der Waals surface area contributed by atoms with E-state index < -0.39 is 0 Å². The van der Waals surface area contributed by atoms with Gasteiger partial charge in [0.05, 0.1) is 12.6 Å². The van der Waals surface area contributed by atoms with Gasteiger partial charge in [-0.1, -0.05) is 6.92 Å². The van der Waals surface area contributed by atoms with E-state index in [0.29, 0.717) is 19.5 Å². The first-order chi connectivity index (χ1) is 7.19. The summed E-state index contributed by atoms with van der Waals surface area (Å²) in [6, 6.07) is -0.126. The quantitative estimate of drug-likeness (QED) is 0.666. The van der Waals surface area contributed by atoms with E-state index in [-0.39, 0.29) is 30.5 Å². The zero-order valence-corrected chi connectivity index (χ0v) is 8.85. The molecule has 0 saturated carbocycles. The van der Waals surface area contributed by atoms with Crippen molar-refractivity contribution in [2.24, 2.45) is 0 Å². The Labute approximate surface area is 88.6 Å². The van der Waals surface area contributed by atoms with Gasteiger partial charge in [-0.2, -0.15) is 0 Å². The van der Waals surface area contributed by atoms with Gasteiger partial charge in [0, 0.05) is 19.5 Å². The molecule has 2 atom stereocenters. The number of piperazine rings is 1. The zero-order valence-electron chi connectivity index (χ0n) is 8.85. The second-order valence-corrected chi connectivity index (χ2v) is 4.06. The first kappa shape index (κ1) is 10.4. The Morgan fingerprint density at radius 2 is 2.33 bits per heavy atom. The predicted octanol–water partition coefficient (Wildman–Crippen LogP) is -0.800. The molecule has 2 unspecified atom stereocenters. The Hall–Kier alpha value is -1.10. The van der Waals surface area contributed by atoms with Crippen molar-refractivity contribution < 1.29 is 14.7 Å². The lowest BCUT2D eigenvalue weighted by atomic mass is 10.2. The molecule has 0 aromatic carbocycles. The molecule has 5 nitrogen and oxygen atoms in total. The van der Waals surface area contributed by atoms with Gasteiger partial charge in [0.2, 0.25) is 11.8 Å². The first-order valence-corrected chi connectivity index (χ1v) is 5.39. The van der Waals surface area contributed by atoms with Crippen molar-refractivity contribution in [1.82, 2.24) is 9.80 Å². The molecule has 0 aromatic heterocycles. The van der Waals surface area contributed by atoms with Crippen molar-refractivity contribution in [1.29, 1.82) is 0 Å². The number of β-amino-alcohol motifs (C(OH)–C–C–N with tert-alkyl or cyclic N) is 1. The van der Waals surface area contributed by atoms with Crippen LogP contribution in [0.15, 0.2) is 0 Å². The number of likely N-dealkylation sites (tertiary alicyclic amines) is 2. The summed E-state index contributed by atoms with van der Waals surface area (Å²) in [6.07, 6.45) is 1.20. The fourth-order valence-corrected chi connectivity index (χ4v) is 2.52. The van der Waals surface area contributed by atoms with Crippen molar-refractivity contribution in [2.75, 3.05) is 19.7 Å². The Morgan fingerprint density at radius 1 is 1.60 bits per heavy atom. The van der Waals surface area contributed by atoms with Crippen LogP contribution >= 0.6 is 0 Å². The van der Waals surface area contributed by atoms with E-state index in [1.807, 2.05) is 6.92 Å². The molecule has 0 radical (unpaired) electrons. The second-order valence-electron chi connectivity index (χ2n) is 4.06. The van der Waals surface area contributed by atoms with Gasteiger partial charge < -0.3 is 14.9 Å². The lowest BCUT2D eigenvalue weighted by molar-refractivity contribution is -0.146. The molecule has 2 aliphatic rings. The largest absolute Gasteiger partial charge is 0.395 e. The smallest absolute Gasteiger partial charge is 0.245 e. The molecule has 2 heterocycles. The minimum atomic E-state index is -0.256. The summed E-state index contributed by atoms with van der Waals surface area (Å²) in [5, 5.41) is 8.82. The van der Waals surface area contributed by atoms with Crippen molar-refractivity contribution in [3.8, 4) is 0 Å². The van der Waals surface area contributed by atoms with Crippen LogP contribution in [0.5, 0.6) is 0 Å². The van der Waals surface area contributed by atoms with Crippen molar-refractivity contribution in [2.45, 2.75) is 31.8 Å². The van der Waals surface area contributed by atoms with Crippen LogP contribution in [0.4, 0.5) is 0 Å². The van der Waals surface area contributed by atoms with Crippen LogP contribution < -0.4 is 0 Å². The third kappa shape index (κ3) is 1.51. The van der Waals surface area contributed by atoms with Crippen molar-refractivity contribution in [3.63, 3.8) is 0 Å². The molecule has 2 aliphatic heterocycles. The molecule has 2 fully saturated rings. The average Bonchev–Trinajstić information content (AvgIpc) is 2.78. The third-order valence-electron chi connectivity index (χ3n) is 3.25. The first-order valence-electron chi connectivity index (χ1n) is 5.39. The Kier molecular flexibility index (Phi) is 2.65. The Bertz CT molecular complexity index is 292. The molecule has 0 aromatic rings. The van der Waals surface area contributed by atoms with Crippen LogP contribution in [0.25, 0.3) is 0 Å². The molecule has 2 rings (SSSR count). The number of hydrogen-bond donors (Lipinski definition) is 1. The number of aliphatic hydroxyl groups is 1. The average molecular weight is 212 g/mol. The highest BCUT2D eigenvalue weighted by atomic mass is 16.3. The summed E-state index contributed by atoms with van der Waals surface area (Å²) < 4.78 is 0. The molecule has 0 aliphatic carbocycles. The van der Waals surface area contributed by atoms with Gasteiger partial charge in [-0.05, 0) is 6.42 Å². The van der Waals surface area contributed by atoms with Crippen LogP contribution in [-0.4, -0.2) is 58.5 Å². The highest BCUT2D eigenvalue weighted by Crippen LogP contribution is 2.31. The molecule has 0 spiro atoms. The number of rotatable bonds is 3. The zero-order chi connectivity index (χ0) is 11.0. The van der Waals surface area contributed by atoms with Crippen LogP contribution in [0.3, 0.4) is 0 Å². The maximum atomic E-state index is 11.8. The minimum absolute atomic E-state index is 0.00194. The van der Waals surface area contributed by atoms with Crippen molar-refractivity contribution in [3.05, 3.63) is 0 Å². The maximum absolute atomic E-state index is 11.8. The van der Waals surface area contributed by atoms with E-state index in [2.05, 4.69) is 0 Å². The van der Waals surface area contributed by atoms with Gasteiger partial charge in [0.15, 0.2) is 0 Å². The molecule has 2 amide bonds. The number of aliphatic hydroxyl groups excluding tert-OH is 1. The fourth-order valence-electron chi connectivity index (χ4n) is 2.52. The minimum Gasteiger partial charge on any atom is -0.395 e. The molecule has 84 valence electrons. The van der Waals surface area contributed by atoms with Gasteiger partial charge in [-0.3, -0.25) is 9.59 Å². The summed E-state index contributed by atoms with van der Waals surface area (Å²) in [7, 11) is 0. The normalized spacial score (nSPS) is 29.1. The highest BCUT2D eigenvalue weighted by Gasteiger charge is 2.50. The standard InChI is InChI=1S/C10H16N2O3/c1-2-9(14)12-6-7-5-8(12)10(15)11(7)3-4-13/h7-8,13H,2-6H2,1H3. The van der Waals surface area contributed by atoms with Crippen LogP contribution in [0, 0.1) is 0 Å². The number of amides is 2. The molecular formula is C10H16N2O3. The summed E-state index contributed by atoms with van der Waals surface area (Å²) in [5.74, 6) is 0.0570. The van der Waals surface area contributed by atoms with Gasteiger partial charge in [0.25, 0.3) is 0 Å². The Balaban J connectivity index is 2.07. The molecule has 2 saturated heterocycles. The Morgan fingerprint density at radius 3 is 2.87 bits per heavy atom.